The molecule has 1 fully saturated rings. The quantitative estimate of drug-likeness (QED) is 0.627. The van der Waals surface area contributed by atoms with Gasteiger partial charge in [0, 0.05) is 30.1 Å². The fourth-order valence-corrected chi connectivity index (χ4v) is 3.41. The number of nitrogens with zero attached hydrogens (tertiary/aromatic N) is 3. The number of hydrogen-bond donors (Lipinski definition) is 2. The zero-order valence-electron chi connectivity index (χ0n) is 15.3. The van der Waals surface area contributed by atoms with Crippen molar-refractivity contribution in [2.24, 2.45) is 0 Å². The summed E-state index contributed by atoms with van der Waals surface area (Å²) in [7, 11) is 0. The maximum Gasteiger partial charge on any atom is 0.225 e. The molecule has 2 aromatic heterocycles. The first-order valence-electron chi connectivity index (χ1n) is 9.46. The van der Waals surface area contributed by atoms with Crippen molar-refractivity contribution in [3.05, 3.63) is 60.4 Å². The Kier molecular flexibility index (Phi) is 5.41. The van der Waals surface area contributed by atoms with Crippen LogP contribution >= 0.6 is 0 Å². The number of nitrogens with one attached hydrogen (secondary N) is 2. The van der Waals surface area contributed by atoms with Gasteiger partial charge in [0.05, 0.1) is 11.4 Å². The summed E-state index contributed by atoms with van der Waals surface area (Å²) in [4.78, 5) is 13.1. The van der Waals surface area contributed by atoms with Crippen LogP contribution in [0.5, 0.6) is 0 Å². The molecule has 28 heavy (non-hydrogen) atoms. The highest BCUT2D eigenvalue weighted by atomic mass is 19.2. The topological polar surface area (TPSA) is 62.7 Å². The van der Waals surface area contributed by atoms with Crippen LogP contribution in [0.2, 0.25) is 0 Å². The molecule has 0 atom stereocenters. The molecule has 0 unspecified atom stereocenters. The molecule has 7 heteroatoms. The molecule has 144 valence electrons. The Labute approximate surface area is 162 Å². The second-order valence-corrected chi connectivity index (χ2v) is 6.90. The van der Waals surface area contributed by atoms with Crippen molar-refractivity contribution in [3.8, 4) is 11.3 Å². The van der Waals surface area contributed by atoms with Gasteiger partial charge in [0.1, 0.15) is 5.82 Å². The van der Waals surface area contributed by atoms with Crippen LogP contribution in [0.15, 0.2) is 48.8 Å². The predicted octanol–water partition coefficient (Wildman–Crippen LogP) is 5.31. The molecule has 1 saturated carbocycles. The average molecular weight is 381 g/mol. The van der Waals surface area contributed by atoms with Gasteiger partial charge in [-0.3, -0.25) is 4.98 Å². The smallest absolute Gasteiger partial charge is 0.225 e. The third-order valence-corrected chi connectivity index (χ3v) is 4.85. The van der Waals surface area contributed by atoms with Crippen molar-refractivity contribution in [1.82, 2.24) is 15.0 Å². The zero-order chi connectivity index (χ0) is 19.3. The molecule has 4 rings (SSSR count). The fourth-order valence-electron chi connectivity index (χ4n) is 3.41. The van der Waals surface area contributed by atoms with Crippen molar-refractivity contribution in [3.63, 3.8) is 0 Å². The SMILES string of the molecule is Fc1cccc(Nc2cc(-c3ccncc3)nc(NC3CCCCC3)n2)c1F. The summed E-state index contributed by atoms with van der Waals surface area (Å²) in [5, 5.41) is 6.28. The van der Waals surface area contributed by atoms with E-state index in [1.165, 1.54) is 31.4 Å². The van der Waals surface area contributed by atoms with E-state index in [4.69, 9.17) is 0 Å². The Hall–Kier alpha value is -3.09. The highest BCUT2D eigenvalue weighted by molar-refractivity contribution is 5.67. The van der Waals surface area contributed by atoms with Crippen LogP contribution in [-0.2, 0) is 0 Å². The van der Waals surface area contributed by atoms with Crippen LogP contribution in [0.25, 0.3) is 11.3 Å². The minimum Gasteiger partial charge on any atom is -0.351 e. The molecule has 2 heterocycles. The average Bonchev–Trinajstić information content (AvgIpc) is 2.73. The number of aromatic nitrogens is 3. The second kappa shape index (κ2) is 8.29. The molecule has 0 amide bonds. The van der Waals surface area contributed by atoms with Gasteiger partial charge in [-0.15, -0.1) is 0 Å². The van der Waals surface area contributed by atoms with Gasteiger partial charge in [0.2, 0.25) is 5.95 Å². The van der Waals surface area contributed by atoms with Crippen molar-refractivity contribution >= 4 is 17.5 Å². The molecular formula is C21H21F2N5. The number of hydrogen-bond acceptors (Lipinski definition) is 5. The molecule has 0 spiro atoms. The zero-order valence-corrected chi connectivity index (χ0v) is 15.3. The van der Waals surface area contributed by atoms with E-state index < -0.39 is 11.6 Å². The molecule has 0 bridgehead atoms. The van der Waals surface area contributed by atoms with Crippen LogP contribution in [0.4, 0.5) is 26.2 Å². The summed E-state index contributed by atoms with van der Waals surface area (Å²) in [5.41, 5.74) is 1.57. The maximum atomic E-state index is 14.1. The number of rotatable bonds is 5. The molecular weight excluding hydrogens is 360 g/mol. The standard InChI is InChI=1S/C21H21F2N5/c22-16-7-4-8-17(20(16)23)26-19-13-18(14-9-11-24-12-10-14)27-21(28-19)25-15-5-2-1-3-6-15/h4,7-13,15H,1-3,5-6H2,(H2,25,26,27,28). The molecule has 0 saturated heterocycles. The minimum absolute atomic E-state index is 0.0306. The first kappa shape index (κ1) is 18.3. The van der Waals surface area contributed by atoms with Gasteiger partial charge >= 0.3 is 0 Å². The van der Waals surface area contributed by atoms with Gasteiger partial charge in [-0.1, -0.05) is 25.3 Å². The van der Waals surface area contributed by atoms with Crippen molar-refractivity contribution in [2.75, 3.05) is 10.6 Å². The summed E-state index contributed by atoms with van der Waals surface area (Å²) in [6.45, 7) is 0. The van der Waals surface area contributed by atoms with E-state index in [0.717, 1.165) is 24.5 Å². The molecule has 1 aliphatic rings. The van der Waals surface area contributed by atoms with E-state index >= 15 is 0 Å². The molecule has 1 aromatic carbocycles. The Morgan fingerprint density at radius 1 is 0.929 bits per heavy atom. The lowest BCUT2D eigenvalue weighted by Crippen LogP contribution is -2.23. The minimum atomic E-state index is -0.937. The normalized spacial score (nSPS) is 14.6. The maximum absolute atomic E-state index is 14.1. The van der Waals surface area contributed by atoms with Gasteiger partial charge in [-0.2, -0.15) is 4.98 Å². The lowest BCUT2D eigenvalue weighted by atomic mass is 9.96. The third kappa shape index (κ3) is 4.24. The van der Waals surface area contributed by atoms with E-state index in [9.17, 15) is 8.78 Å². The molecule has 1 aliphatic carbocycles. The molecule has 0 radical (unpaired) electrons. The Morgan fingerprint density at radius 3 is 2.50 bits per heavy atom. The van der Waals surface area contributed by atoms with E-state index in [-0.39, 0.29) is 5.69 Å². The van der Waals surface area contributed by atoms with Gasteiger partial charge in [-0.25, -0.2) is 13.8 Å². The van der Waals surface area contributed by atoms with Crippen LogP contribution in [-0.4, -0.2) is 21.0 Å². The highest BCUT2D eigenvalue weighted by Crippen LogP contribution is 2.27. The predicted molar refractivity (Wildman–Crippen MR) is 105 cm³/mol. The van der Waals surface area contributed by atoms with E-state index in [1.54, 1.807) is 18.5 Å². The van der Waals surface area contributed by atoms with E-state index in [0.29, 0.717) is 23.5 Å². The lowest BCUT2D eigenvalue weighted by molar-refractivity contribution is 0.461. The molecule has 3 aromatic rings. The van der Waals surface area contributed by atoms with E-state index in [1.807, 2.05) is 12.1 Å². The van der Waals surface area contributed by atoms with Gasteiger partial charge in [-0.05, 0) is 37.1 Å². The largest absolute Gasteiger partial charge is 0.351 e. The summed E-state index contributed by atoms with van der Waals surface area (Å²) >= 11 is 0. The first-order chi connectivity index (χ1) is 13.7. The van der Waals surface area contributed by atoms with Crippen LogP contribution < -0.4 is 10.6 Å². The fraction of sp³-hybridized carbons (Fsp3) is 0.286. The molecule has 5 nitrogen and oxygen atoms in total. The summed E-state index contributed by atoms with van der Waals surface area (Å²) in [6, 6.07) is 9.73. The Morgan fingerprint density at radius 2 is 1.71 bits per heavy atom. The third-order valence-electron chi connectivity index (χ3n) is 4.85. The second-order valence-electron chi connectivity index (χ2n) is 6.90. The highest BCUT2D eigenvalue weighted by Gasteiger charge is 2.16. The number of pyridine rings is 1. The van der Waals surface area contributed by atoms with Crippen molar-refractivity contribution in [1.29, 1.82) is 0 Å². The Bertz CT molecular complexity index is 943. The summed E-state index contributed by atoms with van der Waals surface area (Å²) in [6.07, 6.45) is 9.13. The number of anilines is 3. The van der Waals surface area contributed by atoms with Crippen molar-refractivity contribution in [2.45, 2.75) is 38.1 Å². The van der Waals surface area contributed by atoms with Gasteiger partial charge in [0.15, 0.2) is 11.6 Å². The molecule has 2 N–H and O–H groups in total. The lowest BCUT2D eigenvalue weighted by Gasteiger charge is -2.23. The number of benzene rings is 1. The van der Waals surface area contributed by atoms with Crippen LogP contribution in [0.3, 0.4) is 0 Å². The summed E-state index contributed by atoms with van der Waals surface area (Å²) in [5.74, 6) is -0.979. The monoisotopic (exact) mass is 381 g/mol. The van der Waals surface area contributed by atoms with E-state index in [2.05, 4.69) is 25.6 Å². The van der Waals surface area contributed by atoms with Crippen molar-refractivity contribution < 1.29 is 8.78 Å². The van der Waals surface area contributed by atoms with Gasteiger partial charge < -0.3 is 10.6 Å². The first-order valence-corrected chi connectivity index (χ1v) is 9.46. The van der Waals surface area contributed by atoms with Crippen LogP contribution in [0, 0.1) is 11.6 Å². The number of halogens is 2. The van der Waals surface area contributed by atoms with Gasteiger partial charge in [0.25, 0.3) is 0 Å². The van der Waals surface area contributed by atoms with Crippen LogP contribution in [0.1, 0.15) is 32.1 Å². The Balaban J connectivity index is 1.68. The summed E-state index contributed by atoms with van der Waals surface area (Å²) < 4.78 is 27.6. The molecule has 0 aliphatic heterocycles.